The van der Waals surface area contributed by atoms with E-state index in [4.69, 9.17) is 4.74 Å². The third-order valence-electron chi connectivity index (χ3n) is 3.10. The van der Waals surface area contributed by atoms with Crippen LogP contribution in [0.15, 0.2) is 24.4 Å². The van der Waals surface area contributed by atoms with E-state index in [1.165, 1.54) is 38.5 Å². The quantitative estimate of drug-likeness (QED) is 0.586. The van der Waals surface area contributed by atoms with Gasteiger partial charge in [-0.2, -0.15) is 0 Å². The fourth-order valence-electron chi connectivity index (χ4n) is 1.95. The second-order valence-electron chi connectivity index (χ2n) is 4.88. The topological polar surface area (TPSA) is 34.1 Å². The second kappa shape index (κ2) is 12.1. The van der Waals surface area contributed by atoms with E-state index in [0.717, 1.165) is 32.0 Å². The Morgan fingerprint density at radius 3 is 2.68 bits per heavy atom. The van der Waals surface area contributed by atoms with E-state index < -0.39 is 0 Å². The predicted octanol–water partition coefficient (Wildman–Crippen LogP) is 3.55. The minimum atomic E-state index is 0.793. The number of unbranched alkanes of at least 4 members (excludes halogenated alkanes) is 5. The fourth-order valence-corrected chi connectivity index (χ4v) is 1.95. The lowest BCUT2D eigenvalue weighted by Crippen LogP contribution is -2.20. The van der Waals surface area contributed by atoms with E-state index in [9.17, 15) is 0 Å². The molecule has 1 N–H and O–H groups in total. The van der Waals surface area contributed by atoms with E-state index in [0.29, 0.717) is 0 Å². The zero-order valence-corrected chi connectivity index (χ0v) is 12.2. The van der Waals surface area contributed by atoms with Gasteiger partial charge in [0.25, 0.3) is 0 Å². The van der Waals surface area contributed by atoms with Crippen molar-refractivity contribution in [3.05, 3.63) is 30.1 Å². The molecule has 0 aliphatic rings. The van der Waals surface area contributed by atoms with Crippen molar-refractivity contribution >= 4 is 0 Å². The molecule has 1 aromatic rings. The van der Waals surface area contributed by atoms with Crippen LogP contribution >= 0.6 is 0 Å². The van der Waals surface area contributed by atoms with E-state index in [2.05, 4.69) is 17.2 Å². The number of nitrogens with zero attached hydrogens (tertiary/aromatic N) is 1. The maximum absolute atomic E-state index is 5.60. The van der Waals surface area contributed by atoms with Crippen LogP contribution in [0.5, 0.6) is 0 Å². The first-order valence-electron chi connectivity index (χ1n) is 7.62. The van der Waals surface area contributed by atoms with Crippen LogP contribution in [0.4, 0.5) is 0 Å². The van der Waals surface area contributed by atoms with Crippen LogP contribution in [-0.2, 0) is 11.3 Å². The van der Waals surface area contributed by atoms with Gasteiger partial charge in [-0.3, -0.25) is 4.98 Å². The van der Waals surface area contributed by atoms with Crippen LogP contribution in [0, 0.1) is 0 Å². The summed E-state index contributed by atoms with van der Waals surface area (Å²) in [6.45, 7) is 5.66. The molecule has 0 aliphatic heterocycles. The molecule has 0 fully saturated rings. The molecule has 0 unspecified atom stereocenters. The molecule has 0 atom stereocenters. The Morgan fingerprint density at radius 1 is 1.05 bits per heavy atom. The average molecular weight is 264 g/mol. The van der Waals surface area contributed by atoms with Gasteiger partial charge < -0.3 is 10.1 Å². The van der Waals surface area contributed by atoms with Gasteiger partial charge in [0.1, 0.15) is 0 Å². The molecule has 0 amide bonds. The van der Waals surface area contributed by atoms with E-state index in [-0.39, 0.29) is 0 Å². The highest BCUT2D eigenvalue weighted by Gasteiger charge is 1.93. The molecule has 108 valence electrons. The van der Waals surface area contributed by atoms with Gasteiger partial charge in [0.2, 0.25) is 0 Å². The molecule has 0 bridgehead atoms. The Labute approximate surface area is 117 Å². The summed E-state index contributed by atoms with van der Waals surface area (Å²) in [7, 11) is 0. The number of pyridine rings is 1. The molecule has 1 aromatic heterocycles. The molecular formula is C16H28N2O. The van der Waals surface area contributed by atoms with Crippen molar-refractivity contribution in [2.24, 2.45) is 0 Å². The van der Waals surface area contributed by atoms with Crippen molar-refractivity contribution < 1.29 is 4.74 Å². The first-order chi connectivity index (χ1) is 9.43. The third-order valence-corrected chi connectivity index (χ3v) is 3.10. The lowest BCUT2D eigenvalue weighted by molar-refractivity contribution is 0.131. The van der Waals surface area contributed by atoms with Crippen molar-refractivity contribution in [2.45, 2.75) is 52.0 Å². The van der Waals surface area contributed by atoms with Crippen LogP contribution in [0.1, 0.15) is 51.1 Å². The number of aromatic nitrogens is 1. The largest absolute Gasteiger partial charge is 0.380 e. The zero-order valence-electron chi connectivity index (χ0n) is 12.2. The summed E-state index contributed by atoms with van der Waals surface area (Å²) in [5, 5.41) is 3.33. The maximum atomic E-state index is 5.60. The second-order valence-corrected chi connectivity index (χ2v) is 4.88. The summed E-state index contributed by atoms with van der Waals surface area (Å²) in [6, 6.07) is 5.98. The molecular weight excluding hydrogens is 236 g/mol. The first-order valence-corrected chi connectivity index (χ1v) is 7.62. The molecule has 0 saturated heterocycles. The number of hydrogen-bond acceptors (Lipinski definition) is 3. The molecule has 0 radical (unpaired) electrons. The smallest absolute Gasteiger partial charge is 0.0591 e. The zero-order chi connectivity index (χ0) is 13.6. The Kier molecular flexibility index (Phi) is 10.3. The van der Waals surface area contributed by atoms with E-state index in [1.807, 2.05) is 24.4 Å². The van der Waals surface area contributed by atoms with Crippen LogP contribution in [-0.4, -0.2) is 24.7 Å². The lowest BCUT2D eigenvalue weighted by Gasteiger charge is -2.06. The number of rotatable bonds is 12. The fraction of sp³-hybridized carbons (Fsp3) is 0.688. The van der Waals surface area contributed by atoms with Crippen molar-refractivity contribution in [1.82, 2.24) is 10.3 Å². The van der Waals surface area contributed by atoms with Gasteiger partial charge in [0, 0.05) is 25.9 Å². The standard InChI is InChI=1S/C16H28N2O/c1-2-3-4-5-6-9-13-19-14-12-17-15-16-10-7-8-11-18-16/h7-8,10-11,17H,2-6,9,12-15H2,1H3. The summed E-state index contributed by atoms with van der Waals surface area (Å²) < 4.78 is 5.60. The first kappa shape index (κ1) is 16.1. The molecule has 1 heterocycles. The minimum absolute atomic E-state index is 0.793. The van der Waals surface area contributed by atoms with Gasteiger partial charge >= 0.3 is 0 Å². The van der Waals surface area contributed by atoms with Crippen molar-refractivity contribution in [3.8, 4) is 0 Å². The molecule has 0 spiro atoms. The highest BCUT2D eigenvalue weighted by molar-refractivity contribution is 5.02. The summed E-state index contributed by atoms with van der Waals surface area (Å²) >= 11 is 0. The normalized spacial score (nSPS) is 10.8. The Morgan fingerprint density at radius 2 is 1.89 bits per heavy atom. The Balaban J connectivity index is 1.79. The molecule has 19 heavy (non-hydrogen) atoms. The van der Waals surface area contributed by atoms with Crippen molar-refractivity contribution in [3.63, 3.8) is 0 Å². The SMILES string of the molecule is CCCCCCCCOCCNCc1ccccn1. The minimum Gasteiger partial charge on any atom is -0.380 e. The highest BCUT2D eigenvalue weighted by Crippen LogP contribution is 2.04. The lowest BCUT2D eigenvalue weighted by atomic mass is 10.1. The van der Waals surface area contributed by atoms with Gasteiger partial charge in [-0.25, -0.2) is 0 Å². The summed E-state index contributed by atoms with van der Waals surface area (Å²) in [6.07, 6.45) is 9.76. The molecule has 0 aromatic carbocycles. The monoisotopic (exact) mass is 264 g/mol. The maximum Gasteiger partial charge on any atom is 0.0591 e. The number of hydrogen-bond donors (Lipinski definition) is 1. The van der Waals surface area contributed by atoms with E-state index in [1.54, 1.807) is 0 Å². The van der Waals surface area contributed by atoms with Crippen LogP contribution in [0.3, 0.4) is 0 Å². The van der Waals surface area contributed by atoms with Crippen molar-refractivity contribution in [1.29, 1.82) is 0 Å². The predicted molar refractivity (Wildman–Crippen MR) is 80.1 cm³/mol. The van der Waals surface area contributed by atoms with Gasteiger partial charge in [-0.1, -0.05) is 45.1 Å². The Bertz CT molecular complexity index is 290. The molecule has 3 heteroatoms. The Hall–Kier alpha value is -0.930. The summed E-state index contributed by atoms with van der Waals surface area (Å²) in [5.74, 6) is 0. The van der Waals surface area contributed by atoms with Gasteiger partial charge in [0.05, 0.1) is 12.3 Å². The summed E-state index contributed by atoms with van der Waals surface area (Å²) in [4.78, 5) is 4.26. The van der Waals surface area contributed by atoms with Crippen LogP contribution in [0.25, 0.3) is 0 Å². The molecule has 0 aliphatic carbocycles. The van der Waals surface area contributed by atoms with E-state index >= 15 is 0 Å². The molecule has 3 nitrogen and oxygen atoms in total. The van der Waals surface area contributed by atoms with Crippen LogP contribution < -0.4 is 5.32 Å². The third kappa shape index (κ3) is 9.62. The van der Waals surface area contributed by atoms with Crippen LogP contribution in [0.2, 0.25) is 0 Å². The molecule has 1 rings (SSSR count). The molecule has 0 saturated carbocycles. The number of ether oxygens (including phenoxy) is 1. The number of nitrogens with one attached hydrogen (secondary N) is 1. The summed E-state index contributed by atoms with van der Waals surface area (Å²) in [5.41, 5.74) is 1.08. The highest BCUT2D eigenvalue weighted by atomic mass is 16.5. The van der Waals surface area contributed by atoms with Gasteiger partial charge in [-0.15, -0.1) is 0 Å². The van der Waals surface area contributed by atoms with Crippen molar-refractivity contribution in [2.75, 3.05) is 19.8 Å². The average Bonchev–Trinajstić information content (AvgIpc) is 2.46. The van der Waals surface area contributed by atoms with Gasteiger partial charge in [-0.05, 0) is 18.6 Å². The van der Waals surface area contributed by atoms with Gasteiger partial charge in [0.15, 0.2) is 0 Å².